The number of amides is 1. The minimum absolute atomic E-state index is 0.142. The van der Waals surface area contributed by atoms with Crippen molar-refractivity contribution in [3.8, 4) is 0 Å². The molecule has 7 heteroatoms. The topological polar surface area (TPSA) is 93.4 Å². The van der Waals surface area contributed by atoms with Crippen molar-refractivity contribution in [3.05, 3.63) is 18.1 Å². The zero-order chi connectivity index (χ0) is 14.6. The van der Waals surface area contributed by atoms with Crippen LogP contribution in [-0.2, 0) is 4.74 Å². The van der Waals surface area contributed by atoms with Gasteiger partial charge in [-0.2, -0.15) is 0 Å². The Morgan fingerprint density at radius 3 is 2.70 bits per heavy atom. The zero-order valence-electron chi connectivity index (χ0n) is 11.9. The molecular formula is C13H21N5O2. The van der Waals surface area contributed by atoms with Crippen LogP contribution in [0.4, 0.5) is 5.82 Å². The Kier molecular flexibility index (Phi) is 4.51. The Hall–Kier alpha value is -1.73. The molecule has 0 radical (unpaired) electrons. The lowest BCUT2D eigenvalue weighted by Crippen LogP contribution is -2.55. The number of nitrogens with one attached hydrogen (secondary N) is 1. The van der Waals surface area contributed by atoms with Gasteiger partial charge in [-0.05, 0) is 13.8 Å². The highest BCUT2D eigenvalue weighted by molar-refractivity contribution is 5.96. The highest BCUT2D eigenvalue weighted by Crippen LogP contribution is 2.15. The SMILES string of the molecule is CC(C)(CNC(=O)c1nccnc1N)N1CCOCC1. The Balaban J connectivity index is 1.94. The molecule has 7 nitrogen and oxygen atoms in total. The lowest BCUT2D eigenvalue weighted by atomic mass is 10.0. The normalized spacial score (nSPS) is 16.9. The van der Waals surface area contributed by atoms with Gasteiger partial charge in [0.15, 0.2) is 11.5 Å². The first-order chi connectivity index (χ1) is 9.50. The largest absolute Gasteiger partial charge is 0.382 e. The monoisotopic (exact) mass is 279 g/mol. The molecule has 1 saturated heterocycles. The summed E-state index contributed by atoms with van der Waals surface area (Å²) in [6.07, 6.45) is 2.92. The van der Waals surface area contributed by atoms with Gasteiger partial charge in [0.1, 0.15) is 0 Å². The van der Waals surface area contributed by atoms with E-state index in [0.717, 1.165) is 26.3 Å². The van der Waals surface area contributed by atoms with E-state index in [2.05, 4.69) is 34.0 Å². The standard InChI is InChI=1S/C13H21N5O2/c1-13(2,18-5-7-20-8-6-18)9-17-12(19)10-11(14)16-4-3-15-10/h3-4H,5-9H2,1-2H3,(H2,14,16)(H,17,19). The smallest absolute Gasteiger partial charge is 0.273 e. The molecule has 2 rings (SSSR count). The van der Waals surface area contributed by atoms with E-state index >= 15 is 0 Å². The van der Waals surface area contributed by atoms with E-state index < -0.39 is 0 Å². The quantitative estimate of drug-likeness (QED) is 0.799. The van der Waals surface area contributed by atoms with Gasteiger partial charge in [-0.1, -0.05) is 0 Å². The lowest BCUT2D eigenvalue weighted by molar-refractivity contribution is -0.00924. The summed E-state index contributed by atoms with van der Waals surface area (Å²) in [6.45, 7) is 7.91. The summed E-state index contributed by atoms with van der Waals surface area (Å²) >= 11 is 0. The molecule has 1 aromatic rings. The van der Waals surface area contributed by atoms with E-state index in [1.165, 1.54) is 12.4 Å². The van der Waals surface area contributed by atoms with Crippen LogP contribution in [0.3, 0.4) is 0 Å². The zero-order valence-corrected chi connectivity index (χ0v) is 11.9. The van der Waals surface area contributed by atoms with E-state index in [-0.39, 0.29) is 23.0 Å². The summed E-state index contributed by atoms with van der Waals surface area (Å²) in [5, 5.41) is 2.87. The van der Waals surface area contributed by atoms with Crippen molar-refractivity contribution in [2.45, 2.75) is 19.4 Å². The fourth-order valence-corrected chi connectivity index (χ4v) is 2.18. The number of carbonyl (C=O) groups excluding carboxylic acids is 1. The second-order valence-electron chi connectivity index (χ2n) is 5.38. The van der Waals surface area contributed by atoms with Crippen LogP contribution >= 0.6 is 0 Å². The second kappa shape index (κ2) is 6.15. The summed E-state index contributed by atoms with van der Waals surface area (Å²) in [7, 11) is 0. The maximum absolute atomic E-state index is 12.1. The van der Waals surface area contributed by atoms with Crippen LogP contribution in [-0.4, -0.2) is 59.2 Å². The van der Waals surface area contributed by atoms with Gasteiger partial charge >= 0.3 is 0 Å². The number of hydrogen-bond acceptors (Lipinski definition) is 6. The minimum atomic E-state index is -0.295. The van der Waals surface area contributed by atoms with E-state index in [1.807, 2.05) is 0 Å². The molecule has 2 heterocycles. The molecule has 1 aromatic heterocycles. The van der Waals surface area contributed by atoms with Crippen molar-refractivity contribution >= 4 is 11.7 Å². The third-order valence-electron chi connectivity index (χ3n) is 3.49. The van der Waals surface area contributed by atoms with Crippen molar-refractivity contribution in [1.29, 1.82) is 0 Å². The lowest BCUT2D eigenvalue weighted by Gasteiger charge is -2.40. The first-order valence-electron chi connectivity index (χ1n) is 6.68. The number of aromatic nitrogens is 2. The predicted molar refractivity (Wildman–Crippen MR) is 75.2 cm³/mol. The van der Waals surface area contributed by atoms with Crippen molar-refractivity contribution in [2.75, 3.05) is 38.6 Å². The Morgan fingerprint density at radius 2 is 2.05 bits per heavy atom. The molecule has 0 unspecified atom stereocenters. The van der Waals surface area contributed by atoms with Gasteiger partial charge in [0, 0.05) is 37.6 Å². The molecule has 1 aliphatic rings. The number of ether oxygens (including phenoxy) is 1. The third-order valence-corrected chi connectivity index (χ3v) is 3.49. The van der Waals surface area contributed by atoms with Crippen molar-refractivity contribution in [2.24, 2.45) is 0 Å². The summed E-state index contributed by atoms with van der Waals surface area (Å²) in [5.74, 6) is -0.147. The van der Waals surface area contributed by atoms with E-state index in [4.69, 9.17) is 10.5 Å². The fraction of sp³-hybridized carbons (Fsp3) is 0.615. The molecule has 110 valence electrons. The van der Waals surface area contributed by atoms with Crippen LogP contribution in [0.15, 0.2) is 12.4 Å². The molecule has 0 bridgehead atoms. The van der Waals surface area contributed by atoms with E-state index in [1.54, 1.807) is 0 Å². The van der Waals surface area contributed by atoms with Gasteiger partial charge in [-0.15, -0.1) is 0 Å². The van der Waals surface area contributed by atoms with Gasteiger partial charge in [0.05, 0.1) is 13.2 Å². The van der Waals surface area contributed by atoms with Gasteiger partial charge in [-0.25, -0.2) is 9.97 Å². The first-order valence-corrected chi connectivity index (χ1v) is 6.68. The maximum Gasteiger partial charge on any atom is 0.273 e. The van der Waals surface area contributed by atoms with E-state index in [0.29, 0.717) is 6.54 Å². The average Bonchev–Trinajstić information content (AvgIpc) is 2.46. The maximum atomic E-state index is 12.1. The molecule has 1 fully saturated rings. The number of nitrogens with zero attached hydrogens (tertiary/aromatic N) is 3. The Labute approximate surface area is 118 Å². The summed E-state index contributed by atoms with van der Waals surface area (Å²) in [4.78, 5) is 22.2. The van der Waals surface area contributed by atoms with Crippen LogP contribution in [0.5, 0.6) is 0 Å². The van der Waals surface area contributed by atoms with Crippen molar-refractivity contribution in [1.82, 2.24) is 20.2 Å². The number of anilines is 1. The molecular weight excluding hydrogens is 258 g/mol. The molecule has 3 N–H and O–H groups in total. The first kappa shape index (κ1) is 14.7. The van der Waals surface area contributed by atoms with Crippen LogP contribution in [0.2, 0.25) is 0 Å². The number of carbonyl (C=O) groups is 1. The van der Waals surface area contributed by atoms with Gasteiger partial charge < -0.3 is 15.8 Å². The molecule has 0 atom stereocenters. The molecule has 0 saturated carbocycles. The minimum Gasteiger partial charge on any atom is -0.382 e. The number of hydrogen-bond donors (Lipinski definition) is 2. The van der Waals surface area contributed by atoms with Crippen molar-refractivity contribution in [3.63, 3.8) is 0 Å². The van der Waals surface area contributed by atoms with Gasteiger partial charge in [0.2, 0.25) is 0 Å². The Morgan fingerprint density at radius 1 is 1.40 bits per heavy atom. The van der Waals surface area contributed by atoms with Gasteiger partial charge in [-0.3, -0.25) is 9.69 Å². The molecule has 20 heavy (non-hydrogen) atoms. The number of morpholine rings is 1. The third kappa shape index (κ3) is 3.43. The summed E-state index contributed by atoms with van der Waals surface area (Å²) in [6, 6.07) is 0. The number of rotatable bonds is 4. The Bertz CT molecular complexity index is 472. The molecule has 0 aromatic carbocycles. The van der Waals surface area contributed by atoms with Crippen LogP contribution in [0.25, 0.3) is 0 Å². The molecule has 0 aliphatic carbocycles. The molecule has 1 amide bonds. The van der Waals surface area contributed by atoms with Crippen molar-refractivity contribution < 1.29 is 9.53 Å². The summed E-state index contributed by atoms with van der Waals surface area (Å²) < 4.78 is 5.34. The highest BCUT2D eigenvalue weighted by atomic mass is 16.5. The van der Waals surface area contributed by atoms with Crippen LogP contribution in [0.1, 0.15) is 24.3 Å². The van der Waals surface area contributed by atoms with Crippen LogP contribution in [0, 0.1) is 0 Å². The second-order valence-corrected chi connectivity index (χ2v) is 5.38. The fourth-order valence-electron chi connectivity index (χ4n) is 2.18. The average molecular weight is 279 g/mol. The summed E-state index contributed by atoms with van der Waals surface area (Å²) in [5.41, 5.74) is 5.67. The van der Waals surface area contributed by atoms with Crippen LogP contribution < -0.4 is 11.1 Å². The molecule has 1 aliphatic heterocycles. The van der Waals surface area contributed by atoms with E-state index in [9.17, 15) is 4.79 Å². The van der Waals surface area contributed by atoms with Gasteiger partial charge in [0.25, 0.3) is 5.91 Å². The molecule has 0 spiro atoms. The highest BCUT2D eigenvalue weighted by Gasteiger charge is 2.29. The predicted octanol–water partition coefficient (Wildman–Crippen LogP) is -0.101. The number of nitrogens with two attached hydrogens (primary N) is 1. The number of nitrogen functional groups attached to an aromatic ring is 1.